The van der Waals surface area contributed by atoms with Gasteiger partial charge in [0.2, 0.25) is 0 Å². The van der Waals surface area contributed by atoms with Gasteiger partial charge in [-0.05, 0) is 25.5 Å². The van der Waals surface area contributed by atoms with E-state index in [4.69, 9.17) is 11.6 Å². The number of aryl methyl sites for hydroxylation is 1. The van der Waals surface area contributed by atoms with Crippen LogP contribution in [-0.2, 0) is 0 Å². The maximum absolute atomic E-state index is 12.3. The molecule has 0 atom stereocenters. The molecule has 0 bridgehead atoms. The van der Waals surface area contributed by atoms with E-state index in [1.807, 2.05) is 13.0 Å². The molecule has 0 saturated heterocycles. The predicted molar refractivity (Wildman–Crippen MR) is 81.4 cm³/mol. The minimum Gasteiger partial charge on any atom is -0.351 e. The van der Waals surface area contributed by atoms with Gasteiger partial charge in [0.05, 0.1) is 10.7 Å². The van der Waals surface area contributed by atoms with Gasteiger partial charge in [0, 0.05) is 12.7 Å². The van der Waals surface area contributed by atoms with Crippen LogP contribution in [-0.4, -0.2) is 21.8 Å². The van der Waals surface area contributed by atoms with Crippen molar-refractivity contribution < 1.29 is 4.79 Å². The first kappa shape index (κ1) is 14.9. The highest BCUT2D eigenvalue weighted by Gasteiger charge is 2.16. The number of nitrogens with one attached hydrogen (secondary N) is 1. The summed E-state index contributed by atoms with van der Waals surface area (Å²) in [6.45, 7) is 4.71. The number of amides is 1. The van der Waals surface area contributed by atoms with Crippen LogP contribution in [0.15, 0.2) is 18.3 Å². The Bertz CT molecular complexity index is 606. The molecular formula is C15H20ClN3O. The molecule has 0 fully saturated rings. The van der Waals surface area contributed by atoms with Crippen molar-refractivity contribution in [3.05, 3.63) is 34.7 Å². The minimum absolute atomic E-state index is 0.0891. The van der Waals surface area contributed by atoms with Crippen LogP contribution in [0, 0.1) is 6.92 Å². The Morgan fingerprint density at radius 2 is 2.15 bits per heavy atom. The molecule has 0 aromatic carbocycles. The molecule has 1 amide bonds. The van der Waals surface area contributed by atoms with Gasteiger partial charge in [-0.3, -0.25) is 9.20 Å². The Labute approximate surface area is 124 Å². The van der Waals surface area contributed by atoms with Crippen molar-refractivity contribution in [1.29, 1.82) is 0 Å². The van der Waals surface area contributed by atoms with Crippen molar-refractivity contribution in [2.24, 2.45) is 0 Å². The van der Waals surface area contributed by atoms with Crippen LogP contribution < -0.4 is 5.32 Å². The minimum atomic E-state index is -0.0891. The van der Waals surface area contributed by atoms with E-state index in [0.29, 0.717) is 17.3 Å². The van der Waals surface area contributed by atoms with Gasteiger partial charge in [0.1, 0.15) is 11.3 Å². The Balaban J connectivity index is 2.09. The van der Waals surface area contributed by atoms with Crippen molar-refractivity contribution in [3.8, 4) is 0 Å². The highest BCUT2D eigenvalue weighted by Crippen LogP contribution is 2.16. The van der Waals surface area contributed by atoms with Crippen LogP contribution in [0.3, 0.4) is 0 Å². The number of hydrogen-bond acceptors (Lipinski definition) is 2. The summed E-state index contributed by atoms with van der Waals surface area (Å²) in [6.07, 6.45) is 6.28. The van der Waals surface area contributed by atoms with E-state index in [1.54, 1.807) is 16.7 Å². The Morgan fingerprint density at radius 3 is 2.90 bits per heavy atom. The monoisotopic (exact) mass is 293 g/mol. The first-order valence-corrected chi connectivity index (χ1v) is 7.43. The number of carbonyl (C=O) groups is 1. The molecule has 4 nitrogen and oxygen atoms in total. The molecular weight excluding hydrogens is 274 g/mol. The predicted octanol–water partition coefficient (Wildman–Crippen LogP) is 3.61. The van der Waals surface area contributed by atoms with Gasteiger partial charge in [-0.2, -0.15) is 0 Å². The lowest BCUT2D eigenvalue weighted by Gasteiger charge is -2.06. The van der Waals surface area contributed by atoms with Crippen molar-refractivity contribution in [2.75, 3.05) is 6.54 Å². The summed E-state index contributed by atoms with van der Waals surface area (Å²) < 4.78 is 1.75. The third kappa shape index (κ3) is 3.31. The molecule has 20 heavy (non-hydrogen) atoms. The molecule has 0 radical (unpaired) electrons. The quantitative estimate of drug-likeness (QED) is 0.827. The van der Waals surface area contributed by atoms with Crippen molar-refractivity contribution in [1.82, 2.24) is 14.7 Å². The summed E-state index contributed by atoms with van der Waals surface area (Å²) >= 11 is 5.99. The first-order valence-electron chi connectivity index (χ1n) is 7.06. The number of pyridine rings is 1. The normalized spacial score (nSPS) is 10.9. The van der Waals surface area contributed by atoms with Gasteiger partial charge >= 0.3 is 0 Å². The summed E-state index contributed by atoms with van der Waals surface area (Å²) in [7, 11) is 0. The Morgan fingerprint density at radius 1 is 1.35 bits per heavy atom. The Hall–Kier alpha value is -1.55. The molecule has 0 saturated carbocycles. The highest BCUT2D eigenvalue weighted by atomic mass is 35.5. The molecule has 1 N–H and O–H groups in total. The van der Waals surface area contributed by atoms with E-state index >= 15 is 0 Å². The summed E-state index contributed by atoms with van der Waals surface area (Å²) in [6, 6.07) is 3.59. The molecule has 0 aliphatic carbocycles. The van der Waals surface area contributed by atoms with E-state index < -0.39 is 0 Å². The van der Waals surface area contributed by atoms with Crippen molar-refractivity contribution in [2.45, 2.75) is 39.5 Å². The molecule has 2 aromatic rings. The number of halogens is 1. The first-order chi connectivity index (χ1) is 9.63. The highest BCUT2D eigenvalue weighted by molar-refractivity contribution is 6.30. The summed E-state index contributed by atoms with van der Waals surface area (Å²) in [4.78, 5) is 16.6. The van der Waals surface area contributed by atoms with Gasteiger partial charge in [0.25, 0.3) is 5.91 Å². The number of fused-ring (bicyclic) bond motifs is 1. The number of unbranched alkanes of at least 4 members (excludes halogenated alkanes) is 3. The second-order valence-electron chi connectivity index (χ2n) is 4.94. The van der Waals surface area contributed by atoms with E-state index in [9.17, 15) is 4.79 Å². The lowest BCUT2D eigenvalue weighted by Crippen LogP contribution is -2.26. The molecule has 5 heteroatoms. The molecule has 2 aromatic heterocycles. The van der Waals surface area contributed by atoms with Gasteiger partial charge < -0.3 is 5.32 Å². The second-order valence-corrected chi connectivity index (χ2v) is 5.37. The van der Waals surface area contributed by atoms with Crippen LogP contribution in [0.25, 0.3) is 5.65 Å². The van der Waals surface area contributed by atoms with Crippen LogP contribution >= 0.6 is 11.6 Å². The zero-order valence-corrected chi connectivity index (χ0v) is 12.7. The number of hydrogen-bond donors (Lipinski definition) is 1. The standard InChI is InChI=1S/C15H20ClN3O/c1-3-4-5-6-9-17-15(20)14-11(2)18-13-8-7-12(16)10-19(13)14/h7-8,10H,3-6,9H2,1-2H3,(H,17,20). The van der Waals surface area contributed by atoms with Crippen LogP contribution in [0.5, 0.6) is 0 Å². The number of nitrogens with zero attached hydrogens (tertiary/aromatic N) is 2. The summed E-state index contributed by atoms with van der Waals surface area (Å²) in [5.41, 5.74) is 2.03. The van der Waals surface area contributed by atoms with E-state index in [1.165, 1.54) is 12.8 Å². The van der Waals surface area contributed by atoms with Crippen LogP contribution in [0.4, 0.5) is 0 Å². The number of rotatable bonds is 6. The molecule has 0 spiro atoms. The van der Waals surface area contributed by atoms with Gasteiger partial charge in [-0.25, -0.2) is 4.98 Å². The molecule has 0 aliphatic heterocycles. The van der Waals surface area contributed by atoms with Crippen LogP contribution in [0.2, 0.25) is 5.02 Å². The lowest BCUT2D eigenvalue weighted by molar-refractivity contribution is 0.0946. The molecule has 2 rings (SSSR count). The topological polar surface area (TPSA) is 46.4 Å². The van der Waals surface area contributed by atoms with Gasteiger partial charge in [-0.15, -0.1) is 0 Å². The van der Waals surface area contributed by atoms with E-state index in [0.717, 1.165) is 24.2 Å². The maximum Gasteiger partial charge on any atom is 0.270 e. The summed E-state index contributed by atoms with van der Waals surface area (Å²) in [5.74, 6) is -0.0891. The lowest BCUT2D eigenvalue weighted by atomic mass is 10.2. The van der Waals surface area contributed by atoms with Crippen molar-refractivity contribution in [3.63, 3.8) is 0 Å². The second kappa shape index (κ2) is 6.75. The van der Waals surface area contributed by atoms with E-state index in [2.05, 4.69) is 17.2 Å². The largest absolute Gasteiger partial charge is 0.351 e. The van der Waals surface area contributed by atoms with Gasteiger partial charge in [-0.1, -0.05) is 37.8 Å². The zero-order valence-electron chi connectivity index (χ0n) is 11.9. The smallest absolute Gasteiger partial charge is 0.270 e. The summed E-state index contributed by atoms with van der Waals surface area (Å²) in [5, 5.41) is 3.54. The Kier molecular flexibility index (Phi) is 5.01. The fourth-order valence-corrected chi connectivity index (χ4v) is 2.41. The molecule has 0 unspecified atom stereocenters. The van der Waals surface area contributed by atoms with Crippen LogP contribution in [0.1, 0.15) is 48.8 Å². The fraction of sp³-hybridized carbons (Fsp3) is 0.467. The number of aromatic nitrogens is 2. The average molecular weight is 294 g/mol. The fourth-order valence-electron chi connectivity index (χ4n) is 2.25. The number of carbonyl (C=O) groups excluding carboxylic acids is 1. The maximum atomic E-state index is 12.3. The average Bonchev–Trinajstić information content (AvgIpc) is 2.73. The SMILES string of the molecule is CCCCCCNC(=O)c1c(C)nc2ccc(Cl)cn12. The zero-order chi connectivity index (χ0) is 14.5. The van der Waals surface area contributed by atoms with Crippen molar-refractivity contribution >= 4 is 23.2 Å². The van der Waals surface area contributed by atoms with E-state index in [-0.39, 0.29) is 5.91 Å². The molecule has 108 valence electrons. The number of imidazole rings is 1. The van der Waals surface area contributed by atoms with Gasteiger partial charge in [0.15, 0.2) is 0 Å². The molecule has 0 aliphatic rings. The third-order valence-corrected chi connectivity index (χ3v) is 3.51. The molecule has 2 heterocycles. The third-order valence-electron chi connectivity index (χ3n) is 3.29.